The number of aromatic nitrogens is 3. The molecule has 3 heterocycles. The molecule has 3 aromatic rings. The highest BCUT2D eigenvalue weighted by molar-refractivity contribution is 6.01. The second-order valence-corrected chi connectivity index (χ2v) is 9.23. The third-order valence-corrected chi connectivity index (χ3v) is 7.05. The van der Waals surface area contributed by atoms with Crippen LogP contribution in [0, 0.1) is 11.3 Å². The highest BCUT2D eigenvalue weighted by atomic mass is 16.4. The molecule has 0 spiro atoms. The Bertz CT molecular complexity index is 1320. The third kappa shape index (κ3) is 3.95. The van der Waals surface area contributed by atoms with E-state index in [0.717, 1.165) is 24.8 Å². The molecule has 10 heteroatoms. The summed E-state index contributed by atoms with van der Waals surface area (Å²) >= 11 is 0. The van der Waals surface area contributed by atoms with Gasteiger partial charge in [0.1, 0.15) is 12.6 Å². The molecule has 4 N–H and O–H groups in total. The lowest BCUT2D eigenvalue weighted by atomic mass is 9.63. The zero-order valence-corrected chi connectivity index (χ0v) is 18.4. The second kappa shape index (κ2) is 8.11. The van der Waals surface area contributed by atoms with Crippen LogP contribution in [-0.2, 0) is 4.79 Å². The minimum atomic E-state index is -1.13. The van der Waals surface area contributed by atoms with Crippen molar-refractivity contribution in [3.05, 3.63) is 47.8 Å². The number of pyridine rings is 1. The fourth-order valence-corrected chi connectivity index (χ4v) is 5.02. The number of nitriles is 1. The molecule has 6 rings (SSSR count). The first kappa shape index (κ1) is 21.9. The van der Waals surface area contributed by atoms with Crippen molar-refractivity contribution in [2.45, 2.75) is 49.7 Å². The van der Waals surface area contributed by atoms with Crippen molar-refractivity contribution in [1.29, 1.82) is 5.26 Å². The summed E-state index contributed by atoms with van der Waals surface area (Å²) in [6.45, 7) is -0.493. The maximum Gasteiger partial charge on any atom is 0.322 e. The number of carboxylic acid groups (broad SMARTS) is 1. The van der Waals surface area contributed by atoms with E-state index in [1.807, 2.05) is 12.1 Å². The molecule has 3 saturated carbocycles. The van der Waals surface area contributed by atoms with Gasteiger partial charge in [-0.2, -0.15) is 10.4 Å². The van der Waals surface area contributed by atoms with Crippen molar-refractivity contribution >= 4 is 23.1 Å². The topological polar surface area (TPSA) is 153 Å². The van der Waals surface area contributed by atoms with Gasteiger partial charge in [-0.3, -0.25) is 14.6 Å². The second-order valence-electron chi connectivity index (χ2n) is 9.23. The minimum Gasteiger partial charge on any atom is -0.480 e. The van der Waals surface area contributed by atoms with Crippen molar-refractivity contribution in [2.24, 2.45) is 0 Å². The number of carbonyl (C=O) groups is 2. The summed E-state index contributed by atoms with van der Waals surface area (Å²) in [5, 5.41) is 39.0. The molecule has 2 bridgehead atoms. The standard InChI is InChI=1S/C24H24N6O4/c25-11-15-9-16-1-2-20(30(16)28-12-15)19-10-18(17(13-26-19)22(33)27-14-21(31)32)29-23-3-6-24(34,7-4-23)8-5-23/h1-2,9-10,12-13,34H,3-8,14H2,(H,26,29)(H,27,33)(H,31,32). The number of amides is 1. The van der Waals surface area contributed by atoms with Gasteiger partial charge in [-0.25, -0.2) is 4.52 Å². The zero-order chi connectivity index (χ0) is 23.9. The number of carbonyl (C=O) groups excluding carboxylic acids is 1. The molecule has 3 aliphatic carbocycles. The number of nitrogens with one attached hydrogen (secondary N) is 2. The average molecular weight is 460 g/mol. The van der Waals surface area contributed by atoms with Crippen molar-refractivity contribution in [3.8, 4) is 17.5 Å². The summed E-state index contributed by atoms with van der Waals surface area (Å²) in [6.07, 6.45) is 7.37. The van der Waals surface area contributed by atoms with E-state index in [-0.39, 0.29) is 11.1 Å². The molecular formula is C24H24N6O4. The summed E-state index contributed by atoms with van der Waals surface area (Å²) in [7, 11) is 0. The first-order valence-corrected chi connectivity index (χ1v) is 11.2. The van der Waals surface area contributed by atoms with Crippen molar-refractivity contribution in [2.75, 3.05) is 11.9 Å². The lowest BCUT2D eigenvalue weighted by Crippen LogP contribution is -2.54. The molecular weight excluding hydrogens is 436 g/mol. The smallest absolute Gasteiger partial charge is 0.322 e. The van der Waals surface area contributed by atoms with Crippen LogP contribution < -0.4 is 10.6 Å². The van der Waals surface area contributed by atoms with Gasteiger partial charge in [0.2, 0.25) is 0 Å². The number of nitrogens with zero attached hydrogens (tertiary/aromatic N) is 4. The lowest BCUT2D eigenvalue weighted by molar-refractivity contribution is -0.135. The number of anilines is 1. The summed E-state index contributed by atoms with van der Waals surface area (Å²) in [5.41, 5.74) is 2.44. The minimum absolute atomic E-state index is 0.244. The van der Waals surface area contributed by atoms with Crippen LogP contribution in [0.4, 0.5) is 5.69 Å². The number of fused-ring (bicyclic) bond motifs is 4. The molecule has 0 radical (unpaired) electrons. The summed E-state index contributed by atoms with van der Waals surface area (Å²) in [5.74, 6) is -1.66. The Kier molecular flexibility index (Phi) is 5.21. The molecule has 0 atom stereocenters. The third-order valence-electron chi connectivity index (χ3n) is 7.05. The Hall–Kier alpha value is -3.97. The molecule has 0 aromatic carbocycles. The number of rotatable bonds is 6. The van der Waals surface area contributed by atoms with E-state index in [4.69, 9.17) is 10.4 Å². The van der Waals surface area contributed by atoms with Gasteiger partial charge in [0.25, 0.3) is 5.91 Å². The SMILES string of the molecule is N#Cc1cnn2c(-c3cc(NC45CCC(O)(CC4)CC5)c(C(=O)NCC(=O)O)cn3)ccc2c1. The predicted molar refractivity (Wildman–Crippen MR) is 122 cm³/mol. The molecule has 3 aliphatic rings. The maximum atomic E-state index is 12.8. The van der Waals surface area contributed by atoms with E-state index < -0.39 is 24.0 Å². The number of aliphatic carboxylic acids is 1. The van der Waals surface area contributed by atoms with Crippen LogP contribution in [0.15, 0.2) is 36.7 Å². The Balaban J connectivity index is 1.53. The first-order valence-electron chi connectivity index (χ1n) is 11.2. The van der Waals surface area contributed by atoms with Gasteiger partial charge >= 0.3 is 5.97 Å². The summed E-state index contributed by atoms with van der Waals surface area (Å²) < 4.78 is 1.68. The monoisotopic (exact) mass is 460 g/mol. The van der Waals surface area contributed by atoms with Crippen molar-refractivity contribution in [1.82, 2.24) is 19.9 Å². The van der Waals surface area contributed by atoms with Crippen LogP contribution in [0.5, 0.6) is 0 Å². The van der Waals surface area contributed by atoms with Gasteiger partial charge in [0.15, 0.2) is 0 Å². The number of carboxylic acids is 1. The van der Waals surface area contributed by atoms with Gasteiger partial charge in [0, 0.05) is 11.7 Å². The van der Waals surface area contributed by atoms with Crippen LogP contribution >= 0.6 is 0 Å². The fraction of sp³-hybridized carbons (Fsp3) is 0.375. The van der Waals surface area contributed by atoms with Crippen molar-refractivity contribution < 1.29 is 19.8 Å². The maximum absolute atomic E-state index is 12.8. The van der Waals surface area contributed by atoms with E-state index in [1.165, 1.54) is 12.4 Å². The van der Waals surface area contributed by atoms with Gasteiger partial charge < -0.3 is 20.8 Å². The highest BCUT2D eigenvalue weighted by Gasteiger charge is 2.48. The van der Waals surface area contributed by atoms with E-state index in [9.17, 15) is 14.7 Å². The Morgan fingerprint density at radius 3 is 2.53 bits per heavy atom. The molecule has 10 nitrogen and oxygen atoms in total. The van der Waals surface area contributed by atoms with Gasteiger partial charge in [-0.05, 0) is 62.8 Å². The van der Waals surface area contributed by atoms with Crippen LogP contribution in [0.2, 0.25) is 0 Å². The number of hydrogen-bond donors (Lipinski definition) is 4. The van der Waals surface area contributed by atoms with E-state index in [2.05, 4.69) is 26.8 Å². The lowest BCUT2D eigenvalue weighted by Gasteiger charge is -2.51. The molecule has 34 heavy (non-hydrogen) atoms. The average Bonchev–Trinajstić information content (AvgIpc) is 3.26. The van der Waals surface area contributed by atoms with Crippen LogP contribution in [0.1, 0.15) is 54.4 Å². The molecule has 3 fully saturated rings. The Morgan fingerprint density at radius 2 is 1.85 bits per heavy atom. The van der Waals surface area contributed by atoms with Gasteiger partial charge in [-0.15, -0.1) is 0 Å². The van der Waals surface area contributed by atoms with E-state index in [0.29, 0.717) is 41.9 Å². The fourth-order valence-electron chi connectivity index (χ4n) is 5.02. The van der Waals surface area contributed by atoms with E-state index >= 15 is 0 Å². The zero-order valence-electron chi connectivity index (χ0n) is 18.4. The Labute approximate surface area is 195 Å². The molecule has 3 aromatic heterocycles. The number of aliphatic hydroxyl groups is 1. The highest BCUT2D eigenvalue weighted by Crippen LogP contribution is 2.48. The molecule has 174 valence electrons. The summed E-state index contributed by atoms with van der Waals surface area (Å²) in [6, 6.07) is 9.27. The molecule has 0 aliphatic heterocycles. The molecule has 1 amide bonds. The quantitative estimate of drug-likeness (QED) is 0.437. The Morgan fingerprint density at radius 1 is 1.12 bits per heavy atom. The van der Waals surface area contributed by atoms with E-state index in [1.54, 1.807) is 16.6 Å². The van der Waals surface area contributed by atoms with Gasteiger partial charge in [-0.1, -0.05) is 0 Å². The number of hydrogen-bond acceptors (Lipinski definition) is 7. The first-order chi connectivity index (χ1) is 16.3. The normalized spacial score (nSPS) is 23.4. The van der Waals surface area contributed by atoms with Gasteiger partial charge in [0.05, 0.1) is 45.5 Å². The van der Waals surface area contributed by atoms with Crippen LogP contribution in [0.25, 0.3) is 16.9 Å². The van der Waals surface area contributed by atoms with Crippen LogP contribution in [-0.4, -0.2) is 54.4 Å². The van der Waals surface area contributed by atoms with Crippen LogP contribution in [0.3, 0.4) is 0 Å². The summed E-state index contributed by atoms with van der Waals surface area (Å²) in [4.78, 5) is 28.2. The predicted octanol–water partition coefficient (Wildman–Crippen LogP) is 2.33. The van der Waals surface area contributed by atoms with Crippen molar-refractivity contribution in [3.63, 3.8) is 0 Å². The molecule has 0 saturated heterocycles. The largest absolute Gasteiger partial charge is 0.480 e. The molecule has 0 unspecified atom stereocenters.